The predicted octanol–water partition coefficient (Wildman–Crippen LogP) is 1.76. The molecule has 0 radical (unpaired) electrons. The van der Waals surface area contributed by atoms with Crippen molar-refractivity contribution in [2.75, 3.05) is 21.3 Å². The fraction of sp³-hybridized carbons (Fsp3) is 1.00. The van der Waals surface area contributed by atoms with Gasteiger partial charge in [-0.05, 0) is 0 Å². The van der Waals surface area contributed by atoms with Gasteiger partial charge >= 0.3 is 7.60 Å². The van der Waals surface area contributed by atoms with Crippen LogP contribution in [-0.2, 0) is 22.7 Å². The molecule has 0 N–H and O–H groups in total. The van der Waals surface area contributed by atoms with Crippen LogP contribution in [0.1, 0.15) is 0 Å². The molecule has 0 amide bonds. The lowest BCUT2D eigenvalue weighted by molar-refractivity contribution is -0.196. The van der Waals surface area contributed by atoms with Crippen molar-refractivity contribution in [3.8, 4) is 0 Å². The molecule has 1 atom stereocenters. The summed E-state index contributed by atoms with van der Waals surface area (Å²) in [5.74, 6) is 0. The summed E-state index contributed by atoms with van der Waals surface area (Å²) in [6.45, 7) is 0. The minimum absolute atomic E-state index is 0.836. The highest BCUT2D eigenvalue weighted by molar-refractivity contribution is 7.79. The van der Waals surface area contributed by atoms with Gasteiger partial charge in [-0.3, -0.25) is 4.57 Å². The Kier molecular flexibility index (Phi) is 5.11. The molecule has 0 saturated carbocycles. The maximum atomic E-state index is 11.6. The monoisotopic (exact) mass is 285 g/mol. The molecule has 0 aromatic rings. The zero-order valence-corrected chi connectivity index (χ0v) is 10.9. The highest BCUT2D eigenvalue weighted by Crippen LogP contribution is 2.77. The van der Waals surface area contributed by atoms with E-state index in [4.69, 9.17) is 23.2 Å². The van der Waals surface area contributed by atoms with Crippen molar-refractivity contribution in [2.45, 2.75) is 3.82 Å². The predicted molar refractivity (Wildman–Crippen MR) is 50.7 cm³/mol. The maximum absolute atomic E-state index is 11.6. The molecule has 86 valence electrons. The Morgan fingerprint density at radius 1 is 1.07 bits per heavy atom. The van der Waals surface area contributed by atoms with Gasteiger partial charge in [-0.2, -0.15) is 0 Å². The van der Waals surface area contributed by atoms with E-state index in [2.05, 4.69) is 13.6 Å². The summed E-state index contributed by atoms with van der Waals surface area (Å²) in [6.07, 6.45) is 0. The molecule has 0 aliphatic heterocycles. The fourth-order valence-electron chi connectivity index (χ4n) is 0.554. The molecular weight excluding hydrogens is 277 g/mol. The molecule has 0 spiro atoms. The van der Waals surface area contributed by atoms with Crippen LogP contribution in [0.15, 0.2) is 0 Å². The molecule has 6 nitrogen and oxygen atoms in total. The lowest BCUT2D eigenvalue weighted by atomic mass is 11.8. The van der Waals surface area contributed by atoms with Gasteiger partial charge < -0.3 is 23.0 Å². The molecular formula is C4H9Cl2O6P2-. The summed E-state index contributed by atoms with van der Waals surface area (Å²) >= 11 is 10.8. The Morgan fingerprint density at radius 3 is 1.64 bits per heavy atom. The van der Waals surface area contributed by atoms with E-state index in [-0.39, 0.29) is 0 Å². The lowest BCUT2D eigenvalue weighted by Crippen LogP contribution is -2.24. The molecule has 0 aliphatic rings. The summed E-state index contributed by atoms with van der Waals surface area (Å²) in [7, 11) is -6.20. The van der Waals surface area contributed by atoms with Crippen molar-refractivity contribution in [1.82, 2.24) is 0 Å². The molecule has 0 aliphatic carbocycles. The third-order valence-corrected chi connectivity index (χ3v) is 8.09. The average Bonchev–Trinajstić information content (AvgIpc) is 2.15. The van der Waals surface area contributed by atoms with Gasteiger partial charge in [0.2, 0.25) is 0 Å². The van der Waals surface area contributed by atoms with Crippen LogP contribution in [0.5, 0.6) is 0 Å². The molecule has 0 saturated heterocycles. The topological polar surface area (TPSA) is 84.9 Å². The summed E-state index contributed by atoms with van der Waals surface area (Å²) < 4.78 is 32.8. The van der Waals surface area contributed by atoms with Crippen LogP contribution in [0.3, 0.4) is 0 Å². The number of hydrogen-bond acceptors (Lipinski definition) is 6. The highest BCUT2D eigenvalue weighted by Gasteiger charge is 2.56. The number of rotatable bonds is 5. The molecule has 0 aromatic carbocycles. The van der Waals surface area contributed by atoms with Crippen molar-refractivity contribution in [3.63, 3.8) is 0 Å². The molecule has 0 bridgehead atoms. The molecule has 0 aromatic heterocycles. The Balaban J connectivity index is 5.34. The van der Waals surface area contributed by atoms with Crippen LogP contribution in [0, 0.1) is 0 Å². The zero-order valence-electron chi connectivity index (χ0n) is 7.60. The number of hydrogen-bond donors (Lipinski definition) is 0. The Labute approximate surface area is 91.5 Å². The van der Waals surface area contributed by atoms with Crippen LogP contribution >= 0.6 is 38.4 Å². The molecule has 0 heterocycles. The van der Waals surface area contributed by atoms with Gasteiger partial charge in [0.05, 0.1) is 0 Å². The smallest absolute Gasteiger partial charge is 0.374 e. The normalized spacial score (nSPS) is 17.9. The van der Waals surface area contributed by atoms with Crippen molar-refractivity contribution in [2.24, 2.45) is 0 Å². The second-order valence-electron chi connectivity index (χ2n) is 2.05. The van der Waals surface area contributed by atoms with Crippen molar-refractivity contribution >= 4 is 38.4 Å². The first-order valence-electron chi connectivity index (χ1n) is 3.15. The number of alkyl halides is 2. The molecule has 0 rings (SSSR count). The van der Waals surface area contributed by atoms with Gasteiger partial charge in [0, 0.05) is 21.3 Å². The summed E-state index contributed by atoms with van der Waals surface area (Å²) in [5, 5.41) is 0. The second kappa shape index (κ2) is 4.81. The zero-order chi connectivity index (χ0) is 11.6. The van der Waals surface area contributed by atoms with Crippen molar-refractivity contribution in [1.29, 1.82) is 0 Å². The van der Waals surface area contributed by atoms with Crippen molar-refractivity contribution in [3.05, 3.63) is 0 Å². The number of halogens is 2. The van der Waals surface area contributed by atoms with E-state index < -0.39 is 19.0 Å². The molecule has 0 fully saturated rings. The maximum Gasteiger partial charge on any atom is 0.374 e. The van der Waals surface area contributed by atoms with Gasteiger partial charge in [-0.1, -0.05) is 23.2 Å². The second-order valence-corrected chi connectivity index (χ2v) is 9.21. The fourth-order valence-corrected chi connectivity index (χ4v) is 4.54. The highest BCUT2D eigenvalue weighted by atomic mass is 35.5. The van der Waals surface area contributed by atoms with E-state index in [0.29, 0.717) is 0 Å². The Morgan fingerprint density at radius 2 is 1.43 bits per heavy atom. The van der Waals surface area contributed by atoms with Crippen LogP contribution in [0.2, 0.25) is 0 Å². The minimum atomic E-state index is -4.76. The molecule has 14 heavy (non-hydrogen) atoms. The first-order valence-corrected chi connectivity index (χ1v) is 6.99. The van der Waals surface area contributed by atoms with E-state index in [0.717, 1.165) is 21.3 Å². The van der Waals surface area contributed by atoms with E-state index in [1.54, 1.807) is 0 Å². The minimum Gasteiger partial charge on any atom is -0.776 e. The van der Waals surface area contributed by atoms with Crippen LogP contribution in [0.4, 0.5) is 0 Å². The summed E-state index contributed by atoms with van der Waals surface area (Å²) in [4.78, 5) is 11.2. The van der Waals surface area contributed by atoms with Gasteiger partial charge in [0.1, 0.15) is 0 Å². The van der Waals surface area contributed by atoms with E-state index >= 15 is 0 Å². The third kappa shape index (κ3) is 2.34. The summed E-state index contributed by atoms with van der Waals surface area (Å²) in [6, 6.07) is 0. The van der Waals surface area contributed by atoms with Gasteiger partial charge in [-0.25, -0.2) is 0 Å². The standard InChI is InChI=1S/C4H10Cl2O6P2/c1-10-13(7,8)4(5,6)14(9,11-2)12-3/h1-3H3,(H,7,8)/p-1. The van der Waals surface area contributed by atoms with Gasteiger partial charge in [0.25, 0.3) is 3.82 Å². The Bertz CT molecular complexity index is 284. The molecule has 1 unspecified atom stereocenters. The SMILES string of the molecule is COP(=O)([O-])C(Cl)(Cl)P(=O)(OC)OC. The van der Waals surface area contributed by atoms with Gasteiger partial charge in [-0.15, -0.1) is 0 Å². The third-order valence-electron chi connectivity index (χ3n) is 1.38. The summed E-state index contributed by atoms with van der Waals surface area (Å²) in [5.41, 5.74) is 0. The van der Waals surface area contributed by atoms with Crippen LogP contribution < -0.4 is 4.89 Å². The average molecular weight is 286 g/mol. The van der Waals surface area contributed by atoms with E-state index in [1.807, 2.05) is 0 Å². The van der Waals surface area contributed by atoms with E-state index in [1.165, 1.54) is 0 Å². The van der Waals surface area contributed by atoms with Crippen molar-refractivity contribution < 1.29 is 27.6 Å². The van der Waals surface area contributed by atoms with Crippen LogP contribution in [0.25, 0.3) is 0 Å². The van der Waals surface area contributed by atoms with E-state index in [9.17, 15) is 14.0 Å². The first kappa shape index (κ1) is 14.9. The van der Waals surface area contributed by atoms with Gasteiger partial charge in [0.15, 0.2) is 7.60 Å². The molecule has 10 heteroatoms. The largest absolute Gasteiger partial charge is 0.776 e. The lowest BCUT2D eigenvalue weighted by Gasteiger charge is -2.35. The first-order chi connectivity index (χ1) is 6.18. The quantitative estimate of drug-likeness (QED) is 0.565. The van der Waals surface area contributed by atoms with Crippen LogP contribution in [-0.4, -0.2) is 25.1 Å². The Hall–Kier alpha value is 0.880.